The second-order valence-electron chi connectivity index (χ2n) is 1.63. The SMILES string of the molecule is Cl.[Zn][c]1ccc(Br)cc1. The van der Waals surface area contributed by atoms with Crippen molar-refractivity contribution in [2.45, 2.75) is 0 Å². The average molecular weight is 258 g/mol. The molecular formula is C6H5BrClZn. The van der Waals surface area contributed by atoms with Gasteiger partial charge in [0.15, 0.2) is 0 Å². The zero-order chi connectivity index (χ0) is 5.98. The van der Waals surface area contributed by atoms with Crippen LogP contribution in [0.5, 0.6) is 0 Å². The molecule has 0 radical (unpaired) electrons. The van der Waals surface area contributed by atoms with Crippen LogP contribution in [0.15, 0.2) is 28.7 Å². The quantitative estimate of drug-likeness (QED) is 0.624. The summed E-state index contributed by atoms with van der Waals surface area (Å²) in [4.78, 5) is 0. The van der Waals surface area contributed by atoms with Crippen LogP contribution in [-0.2, 0) is 18.3 Å². The summed E-state index contributed by atoms with van der Waals surface area (Å²) in [7, 11) is 0. The summed E-state index contributed by atoms with van der Waals surface area (Å²) in [5, 5.41) is 0. The van der Waals surface area contributed by atoms with Crippen molar-refractivity contribution in [1.29, 1.82) is 0 Å². The second-order valence-corrected chi connectivity index (χ2v) is 4.26. The summed E-state index contributed by atoms with van der Waals surface area (Å²) in [5.41, 5.74) is 0. The molecule has 0 unspecified atom stereocenters. The molecule has 1 aromatic carbocycles. The molecule has 0 atom stereocenters. The third-order valence-corrected chi connectivity index (χ3v) is 2.43. The van der Waals surface area contributed by atoms with Gasteiger partial charge in [-0.25, -0.2) is 0 Å². The molecule has 1 rings (SSSR count). The van der Waals surface area contributed by atoms with Crippen LogP contribution in [0, 0.1) is 0 Å². The molecule has 1 aromatic rings. The fourth-order valence-corrected chi connectivity index (χ4v) is 1.24. The van der Waals surface area contributed by atoms with Crippen LogP contribution in [0.1, 0.15) is 0 Å². The van der Waals surface area contributed by atoms with Crippen LogP contribution < -0.4 is 4.16 Å². The molecule has 0 fully saturated rings. The molecule has 3 heteroatoms. The Morgan fingerprint density at radius 3 is 1.89 bits per heavy atom. The first-order valence-electron chi connectivity index (χ1n) is 2.36. The number of hydrogen-bond donors (Lipinski definition) is 0. The van der Waals surface area contributed by atoms with E-state index in [0.717, 1.165) is 4.47 Å². The Morgan fingerprint density at radius 1 is 1.11 bits per heavy atom. The van der Waals surface area contributed by atoms with E-state index in [-0.39, 0.29) is 12.4 Å². The van der Waals surface area contributed by atoms with Gasteiger partial charge in [-0.15, -0.1) is 12.4 Å². The van der Waals surface area contributed by atoms with Gasteiger partial charge < -0.3 is 0 Å². The van der Waals surface area contributed by atoms with Crippen molar-refractivity contribution in [2.75, 3.05) is 0 Å². The van der Waals surface area contributed by atoms with Crippen LogP contribution in [0.25, 0.3) is 0 Å². The van der Waals surface area contributed by atoms with Gasteiger partial charge in [-0.05, 0) is 0 Å². The predicted molar refractivity (Wildman–Crippen MR) is 41.0 cm³/mol. The van der Waals surface area contributed by atoms with Gasteiger partial charge in [-0.3, -0.25) is 0 Å². The Hall–Kier alpha value is 0.613. The third-order valence-electron chi connectivity index (χ3n) is 0.913. The summed E-state index contributed by atoms with van der Waals surface area (Å²) >= 11 is 4.60. The first-order valence-corrected chi connectivity index (χ1v) is 4.64. The van der Waals surface area contributed by atoms with Crippen molar-refractivity contribution in [3.63, 3.8) is 0 Å². The molecule has 0 saturated heterocycles. The maximum atomic E-state index is 3.36. The standard InChI is InChI=1S/C6H4Br.ClH.Zn/c7-6-4-2-1-3-5-6;;/h2-5H;1H;. The Morgan fingerprint density at radius 2 is 1.56 bits per heavy atom. The monoisotopic (exact) mass is 255 g/mol. The molecule has 0 spiro atoms. The predicted octanol–water partition coefficient (Wildman–Crippen LogP) is 2.04. The van der Waals surface area contributed by atoms with Crippen molar-refractivity contribution in [3.05, 3.63) is 28.7 Å². The Kier molecular flexibility index (Phi) is 4.73. The first-order chi connectivity index (χ1) is 3.79. The summed E-state index contributed by atoms with van der Waals surface area (Å²) in [6, 6.07) is 8.39. The molecule has 0 aliphatic rings. The van der Waals surface area contributed by atoms with E-state index in [9.17, 15) is 0 Å². The molecule has 45 valence electrons. The van der Waals surface area contributed by atoms with Gasteiger partial charge in [0.05, 0.1) is 0 Å². The topological polar surface area (TPSA) is 0 Å². The van der Waals surface area contributed by atoms with E-state index in [4.69, 9.17) is 0 Å². The summed E-state index contributed by atoms with van der Waals surface area (Å²) in [6.45, 7) is 0. The van der Waals surface area contributed by atoms with Crippen molar-refractivity contribution >= 4 is 32.5 Å². The number of rotatable bonds is 0. The van der Waals surface area contributed by atoms with Gasteiger partial charge in [0.2, 0.25) is 0 Å². The Balaban J connectivity index is 0.000000640. The van der Waals surface area contributed by atoms with Gasteiger partial charge in [0.25, 0.3) is 0 Å². The molecule has 0 saturated carbocycles. The zero-order valence-electron chi connectivity index (χ0n) is 4.80. The fourth-order valence-electron chi connectivity index (χ4n) is 0.484. The molecule has 0 heterocycles. The summed E-state index contributed by atoms with van der Waals surface area (Å²) in [6.07, 6.45) is 0. The molecule has 0 aliphatic heterocycles. The minimum absolute atomic E-state index is 0. The Labute approximate surface area is 79.3 Å². The molecule has 0 N–H and O–H groups in total. The zero-order valence-corrected chi connectivity index (χ0v) is 10.2. The van der Waals surface area contributed by atoms with E-state index in [1.54, 1.807) is 0 Å². The first kappa shape index (κ1) is 9.61. The molecule has 0 aliphatic carbocycles. The third kappa shape index (κ3) is 3.34. The van der Waals surface area contributed by atoms with Gasteiger partial charge in [-0.2, -0.15) is 0 Å². The van der Waals surface area contributed by atoms with Gasteiger partial charge >= 0.3 is 67.1 Å². The number of halogens is 2. The van der Waals surface area contributed by atoms with E-state index in [1.807, 2.05) is 0 Å². The van der Waals surface area contributed by atoms with Gasteiger partial charge in [0.1, 0.15) is 0 Å². The van der Waals surface area contributed by atoms with Crippen LogP contribution >= 0.6 is 28.3 Å². The van der Waals surface area contributed by atoms with Crippen molar-refractivity contribution in [3.8, 4) is 0 Å². The molecule has 0 bridgehead atoms. The minimum atomic E-state index is 0. The van der Waals surface area contributed by atoms with E-state index in [1.165, 1.54) is 22.5 Å². The van der Waals surface area contributed by atoms with Crippen LogP contribution in [-0.4, -0.2) is 0 Å². The molecule has 0 nitrogen and oxygen atoms in total. The number of benzene rings is 1. The van der Waals surface area contributed by atoms with Crippen molar-refractivity contribution in [2.24, 2.45) is 0 Å². The van der Waals surface area contributed by atoms with Crippen molar-refractivity contribution in [1.82, 2.24) is 0 Å². The maximum absolute atomic E-state index is 3.36. The van der Waals surface area contributed by atoms with Crippen LogP contribution in [0.2, 0.25) is 0 Å². The van der Waals surface area contributed by atoms with E-state index in [0.29, 0.717) is 0 Å². The van der Waals surface area contributed by atoms with Crippen LogP contribution in [0.4, 0.5) is 0 Å². The van der Waals surface area contributed by atoms with E-state index in [2.05, 4.69) is 40.2 Å². The molecular weight excluding hydrogens is 253 g/mol. The Bertz CT molecular complexity index is 152. The van der Waals surface area contributed by atoms with Crippen molar-refractivity contribution < 1.29 is 18.3 Å². The van der Waals surface area contributed by atoms with E-state index < -0.39 is 0 Å². The molecule has 0 aromatic heterocycles. The van der Waals surface area contributed by atoms with Crippen LogP contribution in [0.3, 0.4) is 0 Å². The van der Waals surface area contributed by atoms with Gasteiger partial charge in [-0.1, -0.05) is 0 Å². The molecule has 9 heavy (non-hydrogen) atoms. The summed E-state index contributed by atoms with van der Waals surface area (Å²) in [5.74, 6) is 0. The number of hydrogen-bond acceptors (Lipinski definition) is 0. The average Bonchev–Trinajstić information content (AvgIpc) is 1.77. The summed E-state index contributed by atoms with van der Waals surface area (Å²) < 4.78 is 2.59. The van der Waals surface area contributed by atoms with E-state index >= 15 is 0 Å². The normalized spacial score (nSPS) is 8.33. The molecule has 0 amide bonds. The second kappa shape index (κ2) is 4.43. The van der Waals surface area contributed by atoms with Gasteiger partial charge in [0, 0.05) is 0 Å². The fraction of sp³-hybridized carbons (Fsp3) is 0.